The standard InChI is InChI=1S/C92H142N32O20S2/c1-51(125)111-60(20-11-41-108-90(102)142)74(129)114-64(22-10-40-107-89(100)101)78(133)119-69(48-54-26-31-55-15-2-3-16-56(55)45-54)82(137)123-71-50-146-145-49-70(83(138)112-59(73(95)128)19-8-38-105-87(96)97)122-79(134)65(24-13-43-110-92(104)144)115-76(131)63(23-12-42-109-91(103)143)117-81(136)68(47-53-29-34-58(127)35-30-53)121-85(140)72-25-14-44-124(72)86(141)66(18-5-7-37-94)118-77(132)61(17-4-6-36-93)113-75(130)62(21-9-39-106-88(98)99)116-80(135)67(120-84(71)139)46-52-27-32-57(126)33-28-52/h2-3,15-16,26-35,45,59-72,126-127H,4-14,17-25,36-44,46-50,93-94H2,1H3,(H2,95,128)(H,111,125)(H,112,138)(H,113,130)(H,114,129)(H,115,131)(H,116,135)(H,117,136)(H,118,132)(H,119,133)(H,120,139)(H,121,140)(H,122,134)(H,123,137)(H4,96,97,105)(H4,98,99,106)(H4,100,101,107)(H3,102,108,142)(H3,103,109,143)(H3,104,110,144)/t59-,60-,61-,62-,63-,64-,65-,66+,67-,68-,69-,70-,71-,72-/m0/s1. The second kappa shape index (κ2) is 63.9. The van der Waals surface area contributed by atoms with E-state index in [9.17, 15) is 39.0 Å². The molecule has 2 heterocycles. The van der Waals surface area contributed by atoms with Crippen LogP contribution in [0.15, 0.2) is 91.0 Å². The second-order valence-electron chi connectivity index (χ2n) is 35.1. The number of urea groups is 3. The summed E-state index contributed by atoms with van der Waals surface area (Å²) in [4.78, 5) is 263. The summed E-state index contributed by atoms with van der Waals surface area (Å²) in [6.45, 7) is 0.724. The maximum absolute atomic E-state index is 16.1. The highest BCUT2D eigenvalue weighted by molar-refractivity contribution is 8.76. The number of phenols is 2. The molecule has 0 spiro atoms. The highest BCUT2D eigenvalue weighted by Crippen LogP contribution is 2.27. The van der Waals surface area contributed by atoms with Crippen molar-refractivity contribution in [3.05, 3.63) is 108 Å². The minimum absolute atomic E-state index is 0.000261. The van der Waals surface area contributed by atoms with Crippen LogP contribution in [0.2, 0.25) is 0 Å². The van der Waals surface area contributed by atoms with Gasteiger partial charge in [0.05, 0.1) is 0 Å². The van der Waals surface area contributed by atoms with Crippen molar-refractivity contribution in [3.63, 3.8) is 0 Å². The monoisotopic (exact) mass is 2080 g/mol. The van der Waals surface area contributed by atoms with Gasteiger partial charge in [-0.3, -0.25) is 88.1 Å². The fourth-order valence-electron chi connectivity index (χ4n) is 15.9. The lowest BCUT2D eigenvalue weighted by Crippen LogP contribution is -2.61. The van der Waals surface area contributed by atoms with Gasteiger partial charge in [-0.05, 0) is 193 Å². The fourth-order valence-corrected chi connectivity index (χ4v) is 18.2. The van der Waals surface area contributed by atoms with Gasteiger partial charge in [-0.15, -0.1) is 0 Å². The first-order valence-electron chi connectivity index (χ1n) is 48.2. The third-order valence-corrected chi connectivity index (χ3v) is 25.9. The Labute approximate surface area is 851 Å². The minimum atomic E-state index is -1.93. The van der Waals surface area contributed by atoms with Gasteiger partial charge in [-0.1, -0.05) is 88.3 Å². The van der Waals surface area contributed by atoms with Crippen LogP contribution < -0.4 is 153 Å². The van der Waals surface area contributed by atoms with Gasteiger partial charge in [0.1, 0.15) is 96.1 Å². The number of benzene rings is 4. The molecular formula is C92H142N32O20S2. The van der Waals surface area contributed by atoms with Crippen molar-refractivity contribution in [2.75, 3.05) is 70.4 Å². The number of nitrogens with zero attached hydrogens (tertiary/aromatic N) is 1. The maximum atomic E-state index is 16.1. The third-order valence-electron chi connectivity index (χ3n) is 23.5. The second-order valence-corrected chi connectivity index (χ2v) is 37.6. The molecule has 52 nitrogen and oxygen atoms in total. The highest BCUT2D eigenvalue weighted by atomic mass is 33.1. The van der Waals surface area contributed by atoms with Crippen molar-refractivity contribution in [2.45, 2.75) is 239 Å². The number of rotatable bonds is 48. The van der Waals surface area contributed by atoms with E-state index in [2.05, 4.69) is 101 Å². The smallest absolute Gasteiger partial charge is 0.312 e. The summed E-state index contributed by atoms with van der Waals surface area (Å²) in [7, 11) is 1.47. The van der Waals surface area contributed by atoms with Crippen LogP contribution in [0, 0.1) is 16.2 Å². The van der Waals surface area contributed by atoms with Gasteiger partial charge in [0.2, 0.25) is 88.6 Å². The summed E-state index contributed by atoms with van der Waals surface area (Å²) < 4.78 is 0. The number of hydrogen-bond donors (Lipinski definition) is 33. The number of aromatic hydroxyl groups is 2. The van der Waals surface area contributed by atoms with Crippen molar-refractivity contribution in [1.29, 1.82) is 16.2 Å². The average Bonchev–Trinajstić information content (AvgIpc) is 1.69. The molecular weight excluding hydrogens is 1940 g/mol. The first kappa shape index (κ1) is 120. The molecule has 2 fully saturated rings. The molecule has 54 heteroatoms. The van der Waals surface area contributed by atoms with E-state index in [1.807, 2.05) is 6.07 Å². The van der Waals surface area contributed by atoms with Gasteiger partial charge in [0, 0.05) is 83.5 Å². The van der Waals surface area contributed by atoms with Crippen LogP contribution in [-0.4, -0.2) is 295 Å². The predicted molar refractivity (Wildman–Crippen MR) is 545 cm³/mol. The van der Waals surface area contributed by atoms with E-state index in [4.69, 9.17) is 67.8 Å². The van der Waals surface area contributed by atoms with Crippen molar-refractivity contribution in [3.8, 4) is 11.5 Å². The van der Waals surface area contributed by atoms with E-state index in [-0.39, 0.29) is 192 Å². The Morgan fingerprint density at radius 1 is 0.404 bits per heavy atom. The van der Waals surface area contributed by atoms with Crippen LogP contribution in [0.3, 0.4) is 0 Å². The van der Waals surface area contributed by atoms with Crippen LogP contribution in [0.25, 0.3) is 10.8 Å². The molecule has 6 rings (SSSR count). The molecule has 0 saturated carbocycles. The molecule has 14 atom stereocenters. The Balaban J connectivity index is 1.63. The number of carbonyl (C=O) groups excluding carboxylic acids is 18. The SMILES string of the molecule is CC(=O)N[C@@H](CCCNC(N)=O)C(=O)N[C@@H](CCCNC(=N)N)C(=O)N[C@@H](Cc1ccc2ccccc2c1)C(=O)N[C@H]1CSSC[C@@H](C(=O)N[C@@H](CCCNC(=N)N)C(N)=O)NC(=O)[C@H](CCCNC(N)=O)NC(=O)[C@H](CCCNC(N)=O)NC(=O)[C@H](Cc2ccc(O)cc2)NC(=O)[C@@H]2CCCN2C(=O)[C@@H](CCCCN)NC(=O)[C@H](CCCCN)NC(=O)[C@H](CCCNC(=N)N)NC(=O)[C@H](Cc2ccc(O)cc2)NC1=O. The first-order chi connectivity index (χ1) is 69.6. The number of amides is 21. The zero-order chi connectivity index (χ0) is 107. The number of primary amides is 4. The Hall–Kier alpha value is -15.0. The van der Waals surface area contributed by atoms with E-state index >= 15 is 57.5 Å². The molecule has 802 valence electrons. The van der Waals surface area contributed by atoms with Gasteiger partial charge in [0.15, 0.2) is 17.9 Å². The van der Waals surface area contributed by atoms with E-state index in [1.54, 1.807) is 36.4 Å². The summed E-state index contributed by atoms with van der Waals surface area (Å²) in [6.07, 6.45) is -1.98. The van der Waals surface area contributed by atoms with E-state index in [0.717, 1.165) is 33.9 Å². The molecule has 0 unspecified atom stereocenters. The number of carbonyl (C=O) groups is 18. The molecule has 146 heavy (non-hydrogen) atoms. The van der Waals surface area contributed by atoms with Gasteiger partial charge in [0.25, 0.3) is 0 Å². The fraction of sp³-hybridized carbons (Fsp3) is 0.533. The number of hydrogen-bond acceptors (Lipinski definition) is 27. The van der Waals surface area contributed by atoms with Crippen molar-refractivity contribution in [2.24, 2.45) is 51.6 Å². The zero-order valence-corrected chi connectivity index (χ0v) is 83.1. The summed E-state index contributed by atoms with van der Waals surface area (Å²) in [5, 5.41) is 95.8. The van der Waals surface area contributed by atoms with E-state index < -0.39 is 240 Å². The van der Waals surface area contributed by atoms with Crippen molar-refractivity contribution < 1.29 is 96.5 Å². The molecule has 4 aromatic rings. The molecule has 2 aliphatic heterocycles. The number of nitrogens with two attached hydrogens (primary N) is 9. The van der Waals surface area contributed by atoms with E-state index in [0.29, 0.717) is 29.4 Å². The highest BCUT2D eigenvalue weighted by Gasteiger charge is 2.43. The molecule has 4 aromatic carbocycles. The quantitative estimate of drug-likeness (QED) is 0.00847. The molecule has 2 saturated heterocycles. The topological polar surface area (TPSA) is 885 Å². The molecule has 0 aromatic heterocycles. The van der Waals surface area contributed by atoms with Crippen molar-refractivity contribution >= 4 is 157 Å². The zero-order valence-electron chi connectivity index (χ0n) is 81.5. The van der Waals surface area contributed by atoms with Gasteiger partial charge >= 0.3 is 18.1 Å². The molecule has 42 N–H and O–H groups in total. The number of fused-ring (bicyclic) bond motifs is 2. The van der Waals surface area contributed by atoms with Crippen LogP contribution >= 0.6 is 21.6 Å². The summed E-state index contributed by atoms with van der Waals surface area (Å²) in [6, 6.07) is -2.71. The lowest BCUT2D eigenvalue weighted by Gasteiger charge is -2.31. The Kier molecular flexibility index (Phi) is 52.4. The lowest BCUT2D eigenvalue weighted by atomic mass is 10.00. The Bertz CT molecular complexity index is 5110. The van der Waals surface area contributed by atoms with Crippen LogP contribution in [0.5, 0.6) is 11.5 Å². The molecule has 0 aliphatic carbocycles. The number of nitrogens with one attached hydrogen (secondary N) is 22. The molecule has 0 radical (unpaired) electrons. The maximum Gasteiger partial charge on any atom is 0.312 e. The van der Waals surface area contributed by atoms with Crippen LogP contribution in [0.1, 0.15) is 152 Å². The minimum Gasteiger partial charge on any atom is -0.508 e. The molecule has 2 aliphatic rings. The predicted octanol–water partition coefficient (Wildman–Crippen LogP) is -6.13. The largest absolute Gasteiger partial charge is 0.508 e. The Morgan fingerprint density at radius 3 is 1.25 bits per heavy atom. The van der Waals surface area contributed by atoms with Gasteiger partial charge in [-0.25, -0.2) is 14.4 Å². The summed E-state index contributed by atoms with van der Waals surface area (Å²) >= 11 is 0. The first-order valence-corrected chi connectivity index (χ1v) is 50.6. The average molecular weight is 2080 g/mol. The van der Waals surface area contributed by atoms with Crippen LogP contribution in [0.4, 0.5) is 14.4 Å². The normalized spacial score (nSPS) is 20.0. The van der Waals surface area contributed by atoms with Gasteiger partial charge in [-0.2, -0.15) is 0 Å². The van der Waals surface area contributed by atoms with Gasteiger partial charge < -0.3 is 168 Å². The summed E-state index contributed by atoms with van der Waals surface area (Å²) in [5.41, 5.74) is 52.0. The molecule has 21 amide bonds. The van der Waals surface area contributed by atoms with Crippen molar-refractivity contribution in [1.82, 2.24) is 106 Å². The number of phenolic OH excluding ortho intramolecular Hbond substituents is 2. The third kappa shape index (κ3) is 44.5. The lowest BCUT2D eigenvalue weighted by molar-refractivity contribution is -0.142. The Morgan fingerprint density at radius 2 is 0.788 bits per heavy atom. The number of unbranched alkanes of at least 4 members (excludes halogenated alkanes) is 2. The van der Waals surface area contributed by atoms with Crippen LogP contribution in [-0.2, 0) is 91.2 Å². The van der Waals surface area contributed by atoms with E-state index in [1.165, 1.54) is 53.4 Å². The number of guanidine groups is 3. The summed E-state index contributed by atoms with van der Waals surface area (Å²) in [5.74, 6) is -18.1. The molecule has 0 bridgehead atoms.